The molecule has 4 bridgehead atoms. The number of hydrogen-bond acceptors (Lipinski definition) is 2. The molecule has 0 spiro atoms. The highest BCUT2D eigenvalue weighted by atomic mass is 15.1. The van der Waals surface area contributed by atoms with Crippen molar-refractivity contribution in [1.82, 2.24) is 10.6 Å². The number of allylic oxidation sites excluding steroid dienone is 4. The lowest BCUT2D eigenvalue weighted by Gasteiger charge is -2.45. The normalized spacial score (nSPS) is 46.0. The molecule has 2 N–H and O–H groups in total. The molecule has 0 radical (unpaired) electrons. The first-order valence-corrected chi connectivity index (χ1v) is 9.26. The summed E-state index contributed by atoms with van der Waals surface area (Å²) in [6.45, 7) is 5.96. The molecule has 1 saturated heterocycles. The Morgan fingerprint density at radius 3 is 3.00 bits per heavy atom. The zero-order valence-corrected chi connectivity index (χ0v) is 13.9. The first-order valence-electron chi connectivity index (χ1n) is 9.26. The van der Waals surface area contributed by atoms with Crippen LogP contribution in [0.15, 0.2) is 35.1 Å². The van der Waals surface area contributed by atoms with Crippen molar-refractivity contribution in [2.75, 3.05) is 6.54 Å². The summed E-state index contributed by atoms with van der Waals surface area (Å²) >= 11 is 0. The summed E-state index contributed by atoms with van der Waals surface area (Å²) in [6, 6.07) is 0.661. The van der Waals surface area contributed by atoms with E-state index in [1.165, 1.54) is 37.7 Å². The Bertz CT molecular complexity index is 595. The predicted octanol–water partition coefficient (Wildman–Crippen LogP) is 3.53. The highest BCUT2D eigenvalue weighted by molar-refractivity contribution is 5.46. The van der Waals surface area contributed by atoms with Crippen molar-refractivity contribution >= 4 is 0 Å². The quantitative estimate of drug-likeness (QED) is 0.814. The monoisotopic (exact) mass is 296 g/mol. The first kappa shape index (κ1) is 13.4. The van der Waals surface area contributed by atoms with Crippen molar-refractivity contribution in [3.05, 3.63) is 35.1 Å². The van der Waals surface area contributed by atoms with Gasteiger partial charge in [-0.1, -0.05) is 37.5 Å². The molecule has 2 nitrogen and oxygen atoms in total. The molecular formula is C20H28N2. The zero-order chi connectivity index (χ0) is 14.9. The molecule has 5 aliphatic rings. The van der Waals surface area contributed by atoms with Crippen LogP contribution in [0.25, 0.3) is 0 Å². The van der Waals surface area contributed by atoms with Gasteiger partial charge in [0.1, 0.15) is 0 Å². The summed E-state index contributed by atoms with van der Waals surface area (Å²) in [6.07, 6.45) is 14.1. The van der Waals surface area contributed by atoms with Crippen LogP contribution in [0, 0.1) is 23.7 Å². The van der Waals surface area contributed by atoms with E-state index in [2.05, 4.69) is 42.7 Å². The Kier molecular flexibility index (Phi) is 2.75. The molecule has 2 heteroatoms. The lowest BCUT2D eigenvalue weighted by Crippen LogP contribution is -2.56. The first-order chi connectivity index (χ1) is 10.6. The molecular weight excluding hydrogens is 268 g/mol. The average molecular weight is 296 g/mol. The van der Waals surface area contributed by atoms with E-state index < -0.39 is 0 Å². The third-order valence-electron chi connectivity index (χ3n) is 7.24. The maximum atomic E-state index is 3.99. The average Bonchev–Trinajstić information content (AvgIpc) is 3.22. The SMILES string of the molecule is CC1C2NC3=CC4=C(CC3C2CC2CC2)CC1(C)NCC=C4. The van der Waals surface area contributed by atoms with Crippen LogP contribution in [0.1, 0.15) is 46.0 Å². The van der Waals surface area contributed by atoms with Gasteiger partial charge in [-0.05, 0) is 55.6 Å². The van der Waals surface area contributed by atoms with E-state index in [0.717, 1.165) is 24.3 Å². The Labute approximate surface area is 134 Å². The zero-order valence-electron chi connectivity index (χ0n) is 13.9. The molecule has 22 heavy (non-hydrogen) atoms. The summed E-state index contributed by atoms with van der Waals surface area (Å²) in [5.41, 5.74) is 4.99. The summed E-state index contributed by atoms with van der Waals surface area (Å²) < 4.78 is 0. The van der Waals surface area contributed by atoms with Crippen LogP contribution in [0.3, 0.4) is 0 Å². The molecule has 118 valence electrons. The molecule has 2 heterocycles. The van der Waals surface area contributed by atoms with Crippen LogP contribution < -0.4 is 10.6 Å². The van der Waals surface area contributed by atoms with Crippen molar-refractivity contribution < 1.29 is 0 Å². The Balaban J connectivity index is 1.62. The van der Waals surface area contributed by atoms with E-state index in [1.807, 2.05) is 0 Å². The molecule has 0 aromatic heterocycles. The predicted molar refractivity (Wildman–Crippen MR) is 90.3 cm³/mol. The van der Waals surface area contributed by atoms with Gasteiger partial charge in [-0.25, -0.2) is 0 Å². The van der Waals surface area contributed by atoms with Crippen LogP contribution in [-0.2, 0) is 0 Å². The number of fused-ring (bicyclic) bond motifs is 2. The fourth-order valence-electron chi connectivity index (χ4n) is 5.54. The van der Waals surface area contributed by atoms with E-state index in [4.69, 9.17) is 0 Å². The molecule has 3 fully saturated rings. The fourth-order valence-corrected chi connectivity index (χ4v) is 5.54. The second-order valence-electron chi connectivity index (χ2n) is 8.65. The largest absolute Gasteiger partial charge is 0.385 e. The lowest BCUT2D eigenvalue weighted by molar-refractivity contribution is 0.149. The molecule has 5 unspecified atom stereocenters. The minimum absolute atomic E-state index is 0.226. The minimum atomic E-state index is 0.226. The molecule has 5 rings (SSSR count). The van der Waals surface area contributed by atoms with Gasteiger partial charge in [0.25, 0.3) is 0 Å². The van der Waals surface area contributed by atoms with Crippen molar-refractivity contribution in [3.63, 3.8) is 0 Å². The van der Waals surface area contributed by atoms with Crippen molar-refractivity contribution in [2.24, 2.45) is 23.7 Å². The van der Waals surface area contributed by atoms with Gasteiger partial charge in [0, 0.05) is 29.7 Å². The third-order valence-corrected chi connectivity index (χ3v) is 7.24. The smallest absolute Gasteiger partial charge is 0.0336 e. The van der Waals surface area contributed by atoms with Gasteiger partial charge in [0.2, 0.25) is 0 Å². The van der Waals surface area contributed by atoms with Crippen LogP contribution in [0.4, 0.5) is 0 Å². The third kappa shape index (κ3) is 1.89. The fraction of sp³-hybridized carbons (Fsp3) is 0.700. The summed E-state index contributed by atoms with van der Waals surface area (Å²) in [4.78, 5) is 0. The molecule has 0 amide bonds. The number of rotatable bonds is 2. The molecule has 2 aliphatic heterocycles. The maximum absolute atomic E-state index is 3.99. The van der Waals surface area contributed by atoms with E-state index >= 15 is 0 Å². The molecule has 0 aromatic carbocycles. The number of hydrogen-bond donors (Lipinski definition) is 2. The lowest BCUT2D eigenvalue weighted by atomic mass is 9.65. The minimum Gasteiger partial charge on any atom is -0.385 e. The molecule has 2 saturated carbocycles. The van der Waals surface area contributed by atoms with Gasteiger partial charge >= 0.3 is 0 Å². The second-order valence-corrected chi connectivity index (χ2v) is 8.65. The van der Waals surface area contributed by atoms with Crippen LogP contribution >= 0.6 is 0 Å². The molecule has 3 aliphatic carbocycles. The van der Waals surface area contributed by atoms with Crippen LogP contribution in [-0.4, -0.2) is 18.1 Å². The summed E-state index contributed by atoms with van der Waals surface area (Å²) in [5, 5.41) is 7.86. The van der Waals surface area contributed by atoms with E-state index in [9.17, 15) is 0 Å². The van der Waals surface area contributed by atoms with Crippen molar-refractivity contribution in [2.45, 2.75) is 57.5 Å². The highest BCUT2D eigenvalue weighted by Crippen LogP contribution is 2.52. The summed E-state index contributed by atoms with van der Waals surface area (Å²) in [7, 11) is 0. The van der Waals surface area contributed by atoms with E-state index in [-0.39, 0.29) is 5.54 Å². The van der Waals surface area contributed by atoms with Gasteiger partial charge in [-0.15, -0.1) is 0 Å². The topological polar surface area (TPSA) is 24.1 Å². The van der Waals surface area contributed by atoms with Crippen LogP contribution in [0.2, 0.25) is 0 Å². The van der Waals surface area contributed by atoms with Crippen molar-refractivity contribution in [1.29, 1.82) is 0 Å². The standard InChI is InChI=1S/C20H28N2/c1-12-19-17(8-13-5-6-13)16-9-15-11-20(12,2)21-7-3-4-14(15)10-18(16)22-19/h3-4,10,12-13,16-17,19,21-22H,5-9,11H2,1-2H3. The van der Waals surface area contributed by atoms with Crippen LogP contribution in [0.5, 0.6) is 0 Å². The van der Waals surface area contributed by atoms with Gasteiger partial charge in [0.15, 0.2) is 0 Å². The Hall–Kier alpha value is -1.02. The van der Waals surface area contributed by atoms with Gasteiger partial charge in [-0.2, -0.15) is 0 Å². The number of nitrogens with one attached hydrogen (secondary N) is 2. The Morgan fingerprint density at radius 2 is 2.18 bits per heavy atom. The van der Waals surface area contributed by atoms with Gasteiger partial charge in [0.05, 0.1) is 0 Å². The van der Waals surface area contributed by atoms with Crippen molar-refractivity contribution in [3.8, 4) is 0 Å². The van der Waals surface area contributed by atoms with Gasteiger partial charge in [-0.3, -0.25) is 0 Å². The summed E-state index contributed by atoms with van der Waals surface area (Å²) in [5.74, 6) is 3.34. The molecule has 5 atom stereocenters. The highest BCUT2D eigenvalue weighted by Gasteiger charge is 2.51. The second kappa shape index (κ2) is 4.50. The van der Waals surface area contributed by atoms with E-state index in [1.54, 1.807) is 11.3 Å². The van der Waals surface area contributed by atoms with E-state index in [0.29, 0.717) is 12.0 Å². The van der Waals surface area contributed by atoms with Gasteiger partial charge < -0.3 is 10.6 Å². The molecule has 0 aromatic rings. The Morgan fingerprint density at radius 1 is 1.32 bits per heavy atom. The maximum Gasteiger partial charge on any atom is 0.0336 e.